The Morgan fingerprint density at radius 1 is 1.03 bits per heavy atom. The molecule has 14 heteroatoms. The van der Waals surface area contributed by atoms with E-state index in [4.69, 9.17) is 45.4 Å². The molecule has 1 aliphatic rings. The van der Waals surface area contributed by atoms with Gasteiger partial charge in [-0.2, -0.15) is 5.10 Å². The molecule has 0 saturated heterocycles. The third-order valence-corrected chi connectivity index (χ3v) is 6.16. The second-order valence-electron chi connectivity index (χ2n) is 8.55. The lowest BCUT2D eigenvalue weighted by Gasteiger charge is -2.16. The summed E-state index contributed by atoms with van der Waals surface area (Å²) >= 11 is 12.0. The number of hydrogen-bond donors (Lipinski definition) is 3. The highest BCUT2D eigenvalue weighted by Crippen LogP contribution is 2.28. The molecule has 0 atom stereocenters. The summed E-state index contributed by atoms with van der Waals surface area (Å²) in [6.07, 6.45) is 1.40. The first-order valence-corrected chi connectivity index (χ1v) is 13.4. The van der Waals surface area contributed by atoms with E-state index in [-0.39, 0.29) is 24.8 Å². The predicted octanol–water partition coefficient (Wildman–Crippen LogP) is 1.18. The topological polar surface area (TPSA) is 117 Å². The van der Waals surface area contributed by atoms with Crippen LogP contribution in [0.15, 0.2) is 23.3 Å². The number of amidine groups is 1. The Kier molecular flexibility index (Phi) is 16.3. The summed E-state index contributed by atoms with van der Waals surface area (Å²) in [6, 6.07) is 5.28. The molecule has 11 nitrogen and oxygen atoms in total. The molecule has 2 radical (unpaired) electrons. The Bertz CT molecular complexity index is 898. The number of nitrogens with zero attached hydrogens (tertiary/aromatic N) is 3. The molecular formula is C24H37BCl2N6O5. The molecule has 1 heterocycles. The average Bonchev–Trinajstić information content (AvgIpc) is 3.36. The molecule has 0 saturated carbocycles. The molecule has 210 valence electrons. The van der Waals surface area contributed by atoms with Crippen LogP contribution in [-0.2, 0) is 23.8 Å². The molecule has 2 amide bonds. The van der Waals surface area contributed by atoms with Crippen molar-refractivity contribution in [3.63, 3.8) is 0 Å². The third kappa shape index (κ3) is 13.7. The first-order valence-electron chi connectivity index (χ1n) is 12.6. The molecule has 0 fully saturated rings. The van der Waals surface area contributed by atoms with Crippen LogP contribution in [0.3, 0.4) is 0 Å². The van der Waals surface area contributed by atoms with Crippen LogP contribution in [0.5, 0.6) is 0 Å². The van der Waals surface area contributed by atoms with Gasteiger partial charge in [-0.25, -0.2) is 0 Å². The molecule has 0 unspecified atom stereocenters. The number of benzene rings is 1. The van der Waals surface area contributed by atoms with E-state index >= 15 is 0 Å². The minimum absolute atomic E-state index is 0.0209. The van der Waals surface area contributed by atoms with E-state index in [9.17, 15) is 9.59 Å². The number of amides is 2. The Balaban J connectivity index is 1.45. The van der Waals surface area contributed by atoms with Gasteiger partial charge in [-0.15, -0.1) is 0 Å². The van der Waals surface area contributed by atoms with Crippen molar-refractivity contribution in [3.8, 4) is 0 Å². The maximum Gasteiger partial charge on any atom is 0.245 e. The predicted molar refractivity (Wildman–Crippen MR) is 150 cm³/mol. The van der Waals surface area contributed by atoms with E-state index in [0.29, 0.717) is 87.9 Å². The zero-order valence-corrected chi connectivity index (χ0v) is 23.4. The van der Waals surface area contributed by atoms with E-state index in [2.05, 4.69) is 25.9 Å². The smallest absolute Gasteiger partial charge is 0.245 e. The molecule has 0 bridgehead atoms. The van der Waals surface area contributed by atoms with Crippen LogP contribution in [-0.4, -0.2) is 110 Å². The van der Waals surface area contributed by atoms with Gasteiger partial charge in [-0.05, 0) is 31.7 Å². The molecule has 1 aromatic rings. The van der Waals surface area contributed by atoms with Gasteiger partial charge in [-0.3, -0.25) is 14.6 Å². The maximum atomic E-state index is 12.2. The quantitative estimate of drug-likeness (QED) is 0.168. The highest BCUT2D eigenvalue weighted by Gasteiger charge is 2.18. The number of rotatable bonds is 19. The Labute approximate surface area is 235 Å². The summed E-state index contributed by atoms with van der Waals surface area (Å²) in [5.74, 6) is 0.243. The highest BCUT2D eigenvalue weighted by molar-refractivity contribution is 6.42. The number of carbonyl (C=O) groups excluding carboxylic acids is 2. The van der Waals surface area contributed by atoms with Gasteiger partial charge in [0, 0.05) is 45.6 Å². The molecule has 38 heavy (non-hydrogen) atoms. The lowest BCUT2D eigenvalue weighted by molar-refractivity contribution is -0.126. The number of halogens is 2. The first kappa shape index (κ1) is 32.3. The van der Waals surface area contributed by atoms with E-state index < -0.39 is 0 Å². The zero-order valence-electron chi connectivity index (χ0n) is 21.8. The minimum atomic E-state index is -0.210. The van der Waals surface area contributed by atoms with Crippen LogP contribution in [0.2, 0.25) is 10.0 Å². The van der Waals surface area contributed by atoms with Crippen molar-refractivity contribution < 1.29 is 23.8 Å². The first-order chi connectivity index (χ1) is 18.4. The fraction of sp³-hybridized carbons (Fsp3) is 0.625. The second-order valence-corrected chi connectivity index (χ2v) is 9.37. The molecule has 0 aromatic heterocycles. The van der Waals surface area contributed by atoms with E-state index in [1.807, 2.05) is 13.1 Å². The van der Waals surface area contributed by atoms with Gasteiger partial charge in [0.05, 0.1) is 48.8 Å². The largest absolute Gasteiger partial charge is 0.378 e. The number of nitrogens with one attached hydrogen (secondary N) is 3. The number of likely N-dealkylation sites (N-methyl/N-ethyl adjacent to an activating group) is 1. The monoisotopic (exact) mass is 570 g/mol. The molecule has 3 N–H and O–H groups in total. The lowest BCUT2D eigenvalue weighted by atomic mass is 10.3. The summed E-state index contributed by atoms with van der Waals surface area (Å²) in [5, 5.41) is 15.2. The third-order valence-electron chi connectivity index (χ3n) is 5.42. The van der Waals surface area contributed by atoms with Crippen molar-refractivity contribution >= 4 is 54.5 Å². The number of hydrogen-bond acceptors (Lipinski definition) is 9. The van der Waals surface area contributed by atoms with Gasteiger partial charge in [0.15, 0.2) is 7.98 Å². The van der Waals surface area contributed by atoms with Crippen molar-refractivity contribution in [3.05, 3.63) is 28.2 Å². The summed E-state index contributed by atoms with van der Waals surface area (Å²) in [5.41, 5.74) is 0.809. The van der Waals surface area contributed by atoms with Crippen molar-refractivity contribution in [2.75, 3.05) is 84.4 Å². The van der Waals surface area contributed by atoms with Crippen molar-refractivity contribution in [1.29, 1.82) is 0 Å². The molecule has 1 aromatic carbocycles. The van der Waals surface area contributed by atoms with Gasteiger partial charge in [0.1, 0.15) is 12.4 Å². The van der Waals surface area contributed by atoms with Crippen LogP contribution in [0.1, 0.15) is 19.3 Å². The van der Waals surface area contributed by atoms with Crippen LogP contribution in [0.25, 0.3) is 0 Å². The Morgan fingerprint density at radius 3 is 2.50 bits per heavy atom. The SMILES string of the molecule is [B]NCCOCCOCCN(C)CCOCC(=O)NCCCC(=O)NC1=NN(c2ccc(Cl)c(Cl)c2)CC1. The zero-order chi connectivity index (χ0) is 27.6. The number of anilines is 1. The molecule has 1 aliphatic heterocycles. The van der Waals surface area contributed by atoms with Crippen molar-refractivity contribution in [1.82, 2.24) is 20.8 Å². The van der Waals surface area contributed by atoms with Gasteiger partial charge >= 0.3 is 0 Å². The van der Waals surface area contributed by atoms with Gasteiger partial charge in [-0.1, -0.05) is 23.2 Å². The Morgan fingerprint density at radius 2 is 1.76 bits per heavy atom. The maximum absolute atomic E-state index is 12.2. The van der Waals surface area contributed by atoms with Gasteiger partial charge in [0.2, 0.25) is 11.8 Å². The van der Waals surface area contributed by atoms with Crippen LogP contribution < -0.4 is 20.9 Å². The normalized spacial score (nSPS) is 13.2. The van der Waals surface area contributed by atoms with E-state index in [1.54, 1.807) is 17.1 Å². The van der Waals surface area contributed by atoms with E-state index in [0.717, 1.165) is 12.2 Å². The second kappa shape index (κ2) is 19.2. The molecule has 0 aliphatic carbocycles. The fourth-order valence-electron chi connectivity index (χ4n) is 3.30. The Hall–Kier alpha value is -1.93. The summed E-state index contributed by atoms with van der Waals surface area (Å²) in [7, 11) is 7.11. The molecule has 0 spiro atoms. The highest BCUT2D eigenvalue weighted by atomic mass is 35.5. The standard InChI is InChI=1S/C24H37BCl2N6O5/c1-32(10-13-37-16-15-36-12-8-29-25)11-14-38-18-24(35)28-7-2-3-23(34)30-22-6-9-33(31-22)19-4-5-20(26)21(27)17-19/h4-5,17,29H,2-3,6-16,18H2,1H3,(H,28,35)(H,30,31,34). The van der Waals surface area contributed by atoms with Crippen molar-refractivity contribution in [2.45, 2.75) is 19.3 Å². The molecule has 2 rings (SSSR count). The van der Waals surface area contributed by atoms with Crippen LogP contribution >= 0.6 is 23.2 Å². The number of hydrazone groups is 1. The number of carbonyl (C=O) groups is 2. The minimum Gasteiger partial charge on any atom is -0.378 e. The van der Waals surface area contributed by atoms with Crippen LogP contribution in [0, 0.1) is 0 Å². The van der Waals surface area contributed by atoms with Crippen LogP contribution in [0.4, 0.5) is 5.69 Å². The average molecular weight is 571 g/mol. The summed E-state index contributed by atoms with van der Waals surface area (Å²) in [4.78, 5) is 26.2. The molecular weight excluding hydrogens is 534 g/mol. The van der Waals surface area contributed by atoms with Crippen molar-refractivity contribution in [2.24, 2.45) is 5.10 Å². The van der Waals surface area contributed by atoms with Gasteiger partial charge < -0.3 is 35.0 Å². The number of ether oxygens (including phenoxy) is 3. The lowest BCUT2D eigenvalue weighted by Crippen LogP contribution is -2.33. The summed E-state index contributed by atoms with van der Waals surface area (Å²) < 4.78 is 16.2. The fourth-order valence-corrected chi connectivity index (χ4v) is 3.59. The van der Waals surface area contributed by atoms with Gasteiger partial charge in [0.25, 0.3) is 0 Å². The summed E-state index contributed by atoms with van der Waals surface area (Å²) in [6.45, 7) is 5.69. The van der Waals surface area contributed by atoms with E-state index in [1.165, 1.54) is 0 Å².